The number of nitrogens with one attached hydrogen (secondary N) is 3. The summed E-state index contributed by atoms with van der Waals surface area (Å²) in [6, 6.07) is 0. The third-order valence-corrected chi connectivity index (χ3v) is 3.81. The number of rotatable bonds is 10. The predicted molar refractivity (Wildman–Crippen MR) is 102 cm³/mol. The molecule has 0 spiro atoms. The van der Waals surface area contributed by atoms with E-state index < -0.39 is 42.3 Å². The van der Waals surface area contributed by atoms with E-state index in [-0.39, 0.29) is 43.3 Å². The minimum atomic E-state index is -1.24. The lowest BCUT2D eigenvalue weighted by atomic mass is 10.4. The standard InChI is InChI=1S/C15H21N9O6/c16-3-8(25)18-1-2-23(5-9(26)19-4-11(28)29)10(27)6-24-7-20-12-13(24)21-15(17)22-14(12)30/h7H,1-6,16H2,(H,18,25)(H,19,26)(H,28,29)(H3,17,21,22,30). The molecule has 30 heavy (non-hydrogen) atoms. The molecule has 2 aromatic rings. The van der Waals surface area contributed by atoms with Gasteiger partial charge in [0.25, 0.3) is 5.56 Å². The van der Waals surface area contributed by atoms with E-state index >= 15 is 0 Å². The molecule has 0 aromatic carbocycles. The Balaban J connectivity index is 2.14. The van der Waals surface area contributed by atoms with E-state index in [4.69, 9.17) is 16.6 Å². The Morgan fingerprint density at radius 2 is 1.97 bits per heavy atom. The van der Waals surface area contributed by atoms with E-state index in [0.29, 0.717) is 0 Å². The molecule has 0 radical (unpaired) electrons. The highest BCUT2D eigenvalue weighted by atomic mass is 16.4. The highest BCUT2D eigenvalue weighted by Gasteiger charge is 2.20. The van der Waals surface area contributed by atoms with E-state index in [1.165, 1.54) is 10.9 Å². The number of carboxylic acid groups (broad SMARTS) is 1. The Hall–Kier alpha value is -4.01. The Kier molecular flexibility index (Phi) is 7.40. The van der Waals surface area contributed by atoms with E-state index in [1.807, 2.05) is 0 Å². The summed E-state index contributed by atoms with van der Waals surface area (Å²) in [6.07, 6.45) is 1.23. The number of amides is 3. The Morgan fingerprint density at radius 3 is 2.63 bits per heavy atom. The van der Waals surface area contributed by atoms with E-state index in [2.05, 4.69) is 25.6 Å². The van der Waals surface area contributed by atoms with Gasteiger partial charge >= 0.3 is 5.97 Å². The first-order valence-electron chi connectivity index (χ1n) is 8.65. The number of carbonyl (C=O) groups is 4. The second-order valence-electron chi connectivity index (χ2n) is 6.04. The normalized spacial score (nSPS) is 10.6. The van der Waals surface area contributed by atoms with Crippen molar-refractivity contribution in [2.45, 2.75) is 6.54 Å². The second-order valence-corrected chi connectivity index (χ2v) is 6.04. The Labute approximate surface area is 168 Å². The van der Waals surface area contributed by atoms with Crippen LogP contribution in [0.15, 0.2) is 11.1 Å². The third-order valence-electron chi connectivity index (χ3n) is 3.81. The fourth-order valence-electron chi connectivity index (χ4n) is 2.43. The minimum Gasteiger partial charge on any atom is -0.480 e. The van der Waals surface area contributed by atoms with Crippen molar-refractivity contribution in [3.05, 3.63) is 16.7 Å². The van der Waals surface area contributed by atoms with Gasteiger partial charge in [-0.15, -0.1) is 0 Å². The van der Waals surface area contributed by atoms with Crippen LogP contribution in [0.5, 0.6) is 0 Å². The molecule has 0 bridgehead atoms. The lowest BCUT2D eigenvalue weighted by Gasteiger charge is -2.22. The average Bonchev–Trinajstić information content (AvgIpc) is 3.08. The van der Waals surface area contributed by atoms with Crippen LogP contribution in [0.4, 0.5) is 5.95 Å². The molecule has 3 amide bonds. The first-order valence-corrected chi connectivity index (χ1v) is 8.65. The number of imidazole rings is 1. The largest absolute Gasteiger partial charge is 0.480 e. The molecule has 8 N–H and O–H groups in total. The van der Waals surface area contributed by atoms with Gasteiger partial charge in [0, 0.05) is 13.1 Å². The third kappa shape index (κ3) is 5.99. The zero-order chi connectivity index (χ0) is 22.3. The maximum Gasteiger partial charge on any atom is 0.322 e. The molecule has 0 aliphatic heterocycles. The quantitative estimate of drug-likeness (QED) is 0.216. The van der Waals surface area contributed by atoms with Crippen molar-refractivity contribution >= 4 is 40.8 Å². The predicted octanol–water partition coefficient (Wildman–Crippen LogP) is -4.19. The number of aliphatic carboxylic acids is 1. The van der Waals surface area contributed by atoms with Crippen LogP contribution in [0.3, 0.4) is 0 Å². The lowest BCUT2D eigenvalue weighted by molar-refractivity contribution is -0.139. The molecule has 0 atom stereocenters. The van der Waals surface area contributed by atoms with Crippen LogP contribution < -0.4 is 27.7 Å². The van der Waals surface area contributed by atoms with Crippen molar-refractivity contribution in [1.29, 1.82) is 0 Å². The molecule has 0 aliphatic carbocycles. The van der Waals surface area contributed by atoms with Crippen molar-refractivity contribution in [2.24, 2.45) is 5.73 Å². The van der Waals surface area contributed by atoms with E-state index in [0.717, 1.165) is 4.90 Å². The summed E-state index contributed by atoms with van der Waals surface area (Å²) in [6.45, 7) is -1.66. The number of aromatic nitrogens is 4. The lowest BCUT2D eigenvalue weighted by Crippen LogP contribution is -2.46. The van der Waals surface area contributed by atoms with Crippen molar-refractivity contribution in [3.8, 4) is 0 Å². The average molecular weight is 423 g/mol. The van der Waals surface area contributed by atoms with Crippen LogP contribution in [0.2, 0.25) is 0 Å². The Morgan fingerprint density at radius 1 is 1.23 bits per heavy atom. The summed E-state index contributed by atoms with van der Waals surface area (Å²) in [5, 5.41) is 13.3. The van der Waals surface area contributed by atoms with Crippen LogP contribution in [0, 0.1) is 0 Å². The number of nitrogen functional groups attached to an aromatic ring is 1. The van der Waals surface area contributed by atoms with Gasteiger partial charge in [0.1, 0.15) is 13.1 Å². The van der Waals surface area contributed by atoms with Crippen LogP contribution >= 0.6 is 0 Å². The SMILES string of the molecule is NCC(=O)NCCN(CC(=O)NCC(=O)O)C(=O)Cn1cnc2c(=O)[nH]c(N)nc21. The van der Waals surface area contributed by atoms with Crippen molar-refractivity contribution in [1.82, 2.24) is 35.1 Å². The molecular formula is C15H21N9O6. The molecule has 162 valence electrons. The van der Waals surface area contributed by atoms with Gasteiger partial charge in [-0.2, -0.15) is 4.98 Å². The molecular weight excluding hydrogens is 402 g/mol. The van der Waals surface area contributed by atoms with Crippen molar-refractivity contribution in [3.63, 3.8) is 0 Å². The van der Waals surface area contributed by atoms with E-state index in [1.54, 1.807) is 0 Å². The van der Waals surface area contributed by atoms with Gasteiger partial charge in [0.15, 0.2) is 11.2 Å². The Bertz CT molecular complexity index is 1010. The summed E-state index contributed by atoms with van der Waals surface area (Å²) in [4.78, 5) is 69.6. The maximum absolute atomic E-state index is 12.7. The summed E-state index contributed by atoms with van der Waals surface area (Å²) in [5.41, 5.74) is 10.2. The monoisotopic (exact) mass is 423 g/mol. The topological polar surface area (TPSA) is 231 Å². The fourth-order valence-corrected chi connectivity index (χ4v) is 2.43. The van der Waals surface area contributed by atoms with Gasteiger partial charge in [-0.1, -0.05) is 0 Å². The molecule has 2 aromatic heterocycles. The summed E-state index contributed by atoms with van der Waals surface area (Å²) < 4.78 is 1.28. The number of anilines is 1. The maximum atomic E-state index is 12.7. The molecule has 15 heteroatoms. The number of H-pyrrole nitrogens is 1. The fraction of sp³-hybridized carbons (Fsp3) is 0.400. The van der Waals surface area contributed by atoms with Gasteiger partial charge in [-0.05, 0) is 0 Å². The summed E-state index contributed by atoms with van der Waals surface area (Å²) in [5.74, 6) is -3.11. The number of aromatic amines is 1. The second kappa shape index (κ2) is 9.97. The molecule has 0 unspecified atom stereocenters. The summed E-state index contributed by atoms with van der Waals surface area (Å²) in [7, 11) is 0. The summed E-state index contributed by atoms with van der Waals surface area (Å²) >= 11 is 0. The highest BCUT2D eigenvalue weighted by molar-refractivity contribution is 5.87. The molecule has 0 saturated heterocycles. The van der Waals surface area contributed by atoms with Gasteiger partial charge < -0.3 is 36.7 Å². The molecule has 15 nitrogen and oxygen atoms in total. The number of nitrogens with zero attached hydrogens (tertiary/aromatic N) is 4. The number of fused-ring (bicyclic) bond motifs is 1. The number of nitrogens with two attached hydrogens (primary N) is 2. The van der Waals surface area contributed by atoms with Gasteiger partial charge in [0.05, 0.1) is 19.4 Å². The number of carboxylic acids is 1. The molecule has 2 heterocycles. The number of hydrogen-bond acceptors (Lipinski definition) is 9. The number of hydrogen-bond donors (Lipinski definition) is 6. The van der Waals surface area contributed by atoms with Gasteiger partial charge in [-0.3, -0.25) is 29.0 Å². The van der Waals surface area contributed by atoms with E-state index in [9.17, 15) is 24.0 Å². The van der Waals surface area contributed by atoms with Crippen molar-refractivity contribution in [2.75, 3.05) is 38.5 Å². The van der Waals surface area contributed by atoms with Crippen LogP contribution in [0.25, 0.3) is 11.2 Å². The van der Waals surface area contributed by atoms with Crippen molar-refractivity contribution < 1.29 is 24.3 Å². The first kappa shape index (κ1) is 22.3. The van der Waals surface area contributed by atoms with Gasteiger partial charge in [-0.25, -0.2) is 4.98 Å². The van der Waals surface area contributed by atoms with Crippen LogP contribution in [-0.4, -0.2) is 85.9 Å². The van der Waals surface area contributed by atoms with Gasteiger partial charge in [0.2, 0.25) is 23.7 Å². The number of carbonyl (C=O) groups excluding carboxylic acids is 3. The first-order chi connectivity index (χ1) is 14.2. The zero-order valence-electron chi connectivity index (χ0n) is 15.8. The van der Waals surface area contributed by atoms with Crippen LogP contribution in [-0.2, 0) is 25.7 Å². The van der Waals surface area contributed by atoms with Crippen LogP contribution in [0.1, 0.15) is 0 Å². The smallest absolute Gasteiger partial charge is 0.322 e. The highest BCUT2D eigenvalue weighted by Crippen LogP contribution is 2.07. The molecule has 0 saturated carbocycles. The molecule has 2 rings (SSSR count). The molecule has 0 aliphatic rings. The zero-order valence-corrected chi connectivity index (χ0v) is 15.8. The molecule has 0 fully saturated rings. The minimum absolute atomic E-state index is 0.0158.